The van der Waals surface area contributed by atoms with Gasteiger partial charge in [0.2, 0.25) is 0 Å². The number of nitrogens with zero attached hydrogens (tertiary/aromatic N) is 1. The summed E-state index contributed by atoms with van der Waals surface area (Å²) in [4.78, 5) is 4.87. The molecule has 2 rings (SSSR count). The van der Waals surface area contributed by atoms with Gasteiger partial charge in [0.1, 0.15) is 10.8 Å². The van der Waals surface area contributed by atoms with Gasteiger partial charge >= 0.3 is 0 Å². The highest BCUT2D eigenvalue weighted by Gasteiger charge is 2.35. The van der Waals surface area contributed by atoms with Crippen LogP contribution in [-0.2, 0) is 0 Å². The summed E-state index contributed by atoms with van der Waals surface area (Å²) in [6.07, 6.45) is 2.44. The minimum atomic E-state index is 0.406. The van der Waals surface area contributed by atoms with Crippen molar-refractivity contribution in [2.45, 2.75) is 32.7 Å². The zero-order chi connectivity index (χ0) is 11.7. The standard InChI is InChI=1S/C12H17N3S/c1-3-8-6-10(8)15-12-9(11(13)16)5-4-7(2)14-12/h4-5,8,10H,3,6H2,1-2H3,(H2,13,16)(H,14,15). The number of aromatic nitrogens is 1. The largest absolute Gasteiger partial charge is 0.389 e. The van der Waals surface area contributed by atoms with Crippen molar-refractivity contribution in [1.29, 1.82) is 0 Å². The Labute approximate surface area is 101 Å². The van der Waals surface area contributed by atoms with E-state index in [0.29, 0.717) is 11.0 Å². The van der Waals surface area contributed by atoms with Gasteiger partial charge in [0.05, 0.1) is 5.56 Å². The number of hydrogen-bond donors (Lipinski definition) is 2. The van der Waals surface area contributed by atoms with E-state index in [4.69, 9.17) is 18.0 Å². The summed E-state index contributed by atoms with van der Waals surface area (Å²) in [5.74, 6) is 1.62. The van der Waals surface area contributed by atoms with Crippen molar-refractivity contribution < 1.29 is 0 Å². The van der Waals surface area contributed by atoms with Crippen molar-refractivity contribution in [3.05, 3.63) is 23.4 Å². The summed E-state index contributed by atoms with van der Waals surface area (Å²) in [6.45, 7) is 4.18. The SMILES string of the molecule is CCC1CC1Nc1nc(C)ccc1C(N)=S. The number of nitrogens with two attached hydrogens (primary N) is 1. The molecule has 1 aliphatic carbocycles. The molecular formula is C12H17N3S. The number of pyridine rings is 1. The average molecular weight is 235 g/mol. The van der Waals surface area contributed by atoms with Crippen molar-refractivity contribution in [1.82, 2.24) is 4.98 Å². The summed E-state index contributed by atoms with van der Waals surface area (Å²) in [7, 11) is 0. The van der Waals surface area contributed by atoms with Crippen molar-refractivity contribution in [3.8, 4) is 0 Å². The summed E-state index contributed by atoms with van der Waals surface area (Å²) in [5.41, 5.74) is 7.51. The van der Waals surface area contributed by atoms with Gasteiger partial charge in [-0.25, -0.2) is 4.98 Å². The van der Waals surface area contributed by atoms with Gasteiger partial charge in [-0.05, 0) is 31.4 Å². The van der Waals surface area contributed by atoms with Crippen LogP contribution in [0.4, 0.5) is 5.82 Å². The van der Waals surface area contributed by atoms with Crippen LogP contribution < -0.4 is 11.1 Å². The molecule has 1 aliphatic rings. The maximum atomic E-state index is 5.68. The van der Waals surface area contributed by atoms with Crippen LogP contribution in [0.1, 0.15) is 31.0 Å². The van der Waals surface area contributed by atoms with Crippen molar-refractivity contribution >= 4 is 23.0 Å². The first-order valence-corrected chi connectivity index (χ1v) is 6.06. The van der Waals surface area contributed by atoms with Crippen molar-refractivity contribution in [2.75, 3.05) is 5.32 Å². The molecule has 4 heteroatoms. The second kappa shape index (κ2) is 4.37. The second-order valence-electron chi connectivity index (χ2n) is 4.37. The van der Waals surface area contributed by atoms with Crippen LogP contribution in [0.15, 0.2) is 12.1 Å². The first-order valence-electron chi connectivity index (χ1n) is 5.65. The van der Waals surface area contributed by atoms with Gasteiger partial charge in [0.25, 0.3) is 0 Å². The predicted molar refractivity (Wildman–Crippen MR) is 70.7 cm³/mol. The van der Waals surface area contributed by atoms with E-state index >= 15 is 0 Å². The third kappa shape index (κ3) is 2.32. The molecule has 86 valence electrons. The Morgan fingerprint density at radius 1 is 1.62 bits per heavy atom. The highest BCUT2D eigenvalue weighted by molar-refractivity contribution is 7.80. The first-order chi connectivity index (χ1) is 7.61. The molecule has 0 spiro atoms. The molecule has 1 saturated carbocycles. The van der Waals surface area contributed by atoms with Gasteiger partial charge in [0, 0.05) is 11.7 Å². The second-order valence-corrected chi connectivity index (χ2v) is 4.81. The molecule has 0 bridgehead atoms. The quantitative estimate of drug-likeness (QED) is 0.786. The average Bonchev–Trinajstić information content (AvgIpc) is 2.96. The molecule has 0 aromatic carbocycles. The van der Waals surface area contributed by atoms with Gasteiger partial charge in [-0.15, -0.1) is 0 Å². The van der Waals surface area contributed by atoms with E-state index in [1.807, 2.05) is 19.1 Å². The van der Waals surface area contributed by atoms with Crippen LogP contribution in [0.5, 0.6) is 0 Å². The first kappa shape index (κ1) is 11.3. The summed E-state index contributed by atoms with van der Waals surface area (Å²) in [5, 5.41) is 3.43. The molecule has 1 aromatic heterocycles. The fraction of sp³-hybridized carbons (Fsp3) is 0.500. The van der Waals surface area contributed by atoms with Gasteiger partial charge in [-0.3, -0.25) is 0 Å². The van der Waals surface area contributed by atoms with E-state index in [1.54, 1.807) is 0 Å². The molecule has 1 aromatic rings. The molecule has 3 nitrogen and oxygen atoms in total. The zero-order valence-corrected chi connectivity index (χ0v) is 10.5. The number of hydrogen-bond acceptors (Lipinski definition) is 3. The Morgan fingerprint density at radius 3 is 2.94 bits per heavy atom. The number of nitrogens with one attached hydrogen (secondary N) is 1. The topological polar surface area (TPSA) is 50.9 Å². The summed E-state index contributed by atoms with van der Waals surface area (Å²) in [6, 6.07) is 4.42. The van der Waals surface area contributed by atoms with Gasteiger partial charge in [0.15, 0.2) is 0 Å². The third-order valence-corrected chi connectivity index (χ3v) is 3.29. The third-order valence-electron chi connectivity index (χ3n) is 3.07. The number of rotatable bonds is 4. The molecule has 2 unspecified atom stereocenters. The number of thiocarbonyl (C=S) groups is 1. The van der Waals surface area contributed by atoms with Gasteiger partial charge in [-0.2, -0.15) is 0 Å². The van der Waals surface area contributed by atoms with E-state index in [9.17, 15) is 0 Å². The van der Waals surface area contributed by atoms with Gasteiger partial charge < -0.3 is 11.1 Å². The molecule has 16 heavy (non-hydrogen) atoms. The molecule has 0 radical (unpaired) electrons. The van der Waals surface area contributed by atoms with E-state index in [0.717, 1.165) is 23.0 Å². The van der Waals surface area contributed by atoms with E-state index < -0.39 is 0 Å². The lowest BCUT2D eigenvalue weighted by molar-refractivity contribution is 0.773. The maximum Gasteiger partial charge on any atom is 0.136 e. The molecule has 0 amide bonds. The molecule has 1 heterocycles. The smallest absolute Gasteiger partial charge is 0.136 e. The lowest BCUT2D eigenvalue weighted by Crippen LogP contribution is -2.16. The number of aryl methyl sites for hydroxylation is 1. The van der Waals surface area contributed by atoms with Crippen molar-refractivity contribution in [3.63, 3.8) is 0 Å². The van der Waals surface area contributed by atoms with Crippen LogP contribution in [-0.4, -0.2) is 16.0 Å². The Morgan fingerprint density at radius 2 is 2.38 bits per heavy atom. The highest BCUT2D eigenvalue weighted by atomic mass is 32.1. The predicted octanol–water partition coefficient (Wildman–Crippen LogP) is 2.23. The molecule has 3 N–H and O–H groups in total. The van der Waals surface area contributed by atoms with Gasteiger partial charge in [-0.1, -0.05) is 25.6 Å². The Bertz CT molecular complexity index is 417. The monoisotopic (exact) mass is 235 g/mol. The Kier molecular flexibility index (Phi) is 3.10. The molecular weight excluding hydrogens is 218 g/mol. The minimum Gasteiger partial charge on any atom is -0.389 e. The summed E-state index contributed by atoms with van der Waals surface area (Å²) < 4.78 is 0. The number of anilines is 1. The summed E-state index contributed by atoms with van der Waals surface area (Å²) >= 11 is 5.02. The van der Waals surface area contributed by atoms with Crippen LogP contribution in [0.3, 0.4) is 0 Å². The lowest BCUT2D eigenvalue weighted by Gasteiger charge is -2.10. The highest BCUT2D eigenvalue weighted by Crippen LogP contribution is 2.36. The lowest BCUT2D eigenvalue weighted by atomic mass is 10.2. The van der Waals surface area contributed by atoms with Crippen LogP contribution in [0.2, 0.25) is 0 Å². The van der Waals surface area contributed by atoms with Crippen LogP contribution >= 0.6 is 12.2 Å². The molecule has 1 fully saturated rings. The van der Waals surface area contributed by atoms with E-state index in [2.05, 4.69) is 17.2 Å². The van der Waals surface area contributed by atoms with E-state index in [1.165, 1.54) is 12.8 Å². The van der Waals surface area contributed by atoms with Crippen LogP contribution in [0, 0.1) is 12.8 Å². The maximum absolute atomic E-state index is 5.68. The fourth-order valence-electron chi connectivity index (χ4n) is 1.92. The minimum absolute atomic E-state index is 0.406. The van der Waals surface area contributed by atoms with E-state index in [-0.39, 0.29) is 0 Å². The zero-order valence-electron chi connectivity index (χ0n) is 9.66. The fourth-order valence-corrected chi connectivity index (χ4v) is 2.08. The molecule has 0 saturated heterocycles. The van der Waals surface area contributed by atoms with Crippen molar-refractivity contribution in [2.24, 2.45) is 11.7 Å². The Hall–Kier alpha value is -1.16. The molecule has 2 atom stereocenters. The molecule has 0 aliphatic heterocycles. The Balaban J connectivity index is 2.18. The normalized spacial score (nSPS) is 22.9. The van der Waals surface area contributed by atoms with Crippen LogP contribution in [0.25, 0.3) is 0 Å².